The van der Waals surface area contributed by atoms with E-state index >= 15 is 0 Å². The van der Waals surface area contributed by atoms with Gasteiger partial charge >= 0.3 is 0 Å². The van der Waals surface area contributed by atoms with Gasteiger partial charge in [-0.2, -0.15) is 0 Å². The van der Waals surface area contributed by atoms with E-state index in [1.165, 1.54) is 25.7 Å². The molecule has 4 bridgehead atoms. The van der Waals surface area contributed by atoms with Crippen LogP contribution in [0, 0.1) is 40.9 Å². The fraction of sp³-hybridized carbons (Fsp3) is 0.933. The van der Waals surface area contributed by atoms with Crippen molar-refractivity contribution >= 4 is 0 Å². The molecular formula is C15H25+. The van der Waals surface area contributed by atoms with Crippen LogP contribution in [0.5, 0.6) is 0 Å². The maximum atomic E-state index is 2.76. The van der Waals surface area contributed by atoms with Crippen molar-refractivity contribution in [2.45, 2.75) is 53.4 Å². The standard InChI is InChI=1S/C15H25/c1-10(2)12-7-13-14(3)5-6-15(13,4)9-11(12)8-14/h8,10-13H,5-7,9H2,1-4H3/q+1. The van der Waals surface area contributed by atoms with E-state index in [0.717, 1.165) is 23.7 Å². The van der Waals surface area contributed by atoms with Gasteiger partial charge in [0.05, 0.1) is 6.42 Å². The highest BCUT2D eigenvalue weighted by Gasteiger charge is 2.67. The summed E-state index contributed by atoms with van der Waals surface area (Å²) in [5, 5.41) is 0. The Labute approximate surface area is 94.8 Å². The van der Waals surface area contributed by atoms with Gasteiger partial charge in [-0.15, -0.1) is 0 Å². The van der Waals surface area contributed by atoms with Gasteiger partial charge in [-0.05, 0) is 43.9 Å². The Bertz CT molecular complexity index is 260. The molecule has 4 aliphatic rings. The van der Waals surface area contributed by atoms with Crippen molar-refractivity contribution in [3.8, 4) is 0 Å². The van der Waals surface area contributed by atoms with Crippen LogP contribution in [0.2, 0.25) is 0 Å². The van der Waals surface area contributed by atoms with Gasteiger partial charge in [-0.1, -0.05) is 20.8 Å². The van der Waals surface area contributed by atoms with E-state index in [1.54, 1.807) is 0 Å². The van der Waals surface area contributed by atoms with E-state index in [-0.39, 0.29) is 0 Å². The van der Waals surface area contributed by atoms with Gasteiger partial charge in [-0.3, -0.25) is 0 Å². The number of fused-ring (bicyclic) bond motifs is 1. The zero-order valence-corrected chi connectivity index (χ0v) is 10.7. The summed E-state index contributed by atoms with van der Waals surface area (Å²) in [7, 11) is 0. The summed E-state index contributed by atoms with van der Waals surface area (Å²) in [4.78, 5) is 0. The van der Waals surface area contributed by atoms with Crippen molar-refractivity contribution in [2.24, 2.45) is 34.5 Å². The Kier molecular flexibility index (Phi) is 1.85. The lowest BCUT2D eigenvalue weighted by Gasteiger charge is -2.51. The lowest BCUT2D eigenvalue weighted by molar-refractivity contribution is -0.0403. The highest BCUT2D eigenvalue weighted by molar-refractivity contribution is 5.18. The van der Waals surface area contributed by atoms with Crippen LogP contribution in [0.15, 0.2) is 0 Å². The van der Waals surface area contributed by atoms with Crippen molar-refractivity contribution < 1.29 is 0 Å². The van der Waals surface area contributed by atoms with Crippen LogP contribution >= 0.6 is 0 Å². The molecule has 0 amide bonds. The molecule has 5 unspecified atom stereocenters. The van der Waals surface area contributed by atoms with Gasteiger partial charge in [0.2, 0.25) is 0 Å². The summed E-state index contributed by atoms with van der Waals surface area (Å²) in [6.07, 6.45) is 8.74. The van der Waals surface area contributed by atoms with Crippen LogP contribution < -0.4 is 0 Å². The molecule has 0 nitrogen and oxygen atoms in total. The van der Waals surface area contributed by atoms with Gasteiger partial charge in [-0.25, -0.2) is 0 Å². The first-order valence-electron chi connectivity index (χ1n) is 6.81. The third kappa shape index (κ3) is 1.17. The van der Waals surface area contributed by atoms with Crippen molar-refractivity contribution in [3.63, 3.8) is 0 Å². The minimum Gasteiger partial charge on any atom is -0.0623 e. The molecule has 0 N–H and O–H groups in total. The molecule has 0 aromatic carbocycles. The topological polar surface area (TPSA) is 0 Å². The molecule has 4 rings (SSSR count). The maximum Gasteiger partial charge on any atom is 0.109 e. The molecule has 4 fully saturated rings. The molecule has 84 valence electrons. The molecule has 0 aromatic rings. The smallest absolute Gasteiger partial charge is 0.0623 e. The van der Waals surface area contributed by atoms with Gasteiger partial charge in [0.1, 0.15) is 11.3 Å². The quantitative estimate of drug-likeness (QED) is 0.560. The highest BCUT2D eigenvalue weighted by Crippen LogP contribution is 2.70. The summed E-state index contributed by atoms with van der Waals surface area (Å²) in [5.74, 6) is 3.82. The minimum atomic E-state index is 0.614. The number of rotatable bonds is 1. The van der Waals surface area contributed by atoms with Gasteiger partial charge in [0, 0.05) is 11.8 Å². The van der Waals surface area contributed by atoms with E-state index < -0.39 is 0 Å². The summed E-state index contributed by atoms with van der Waals surface area (Å²) in [6, 6.07) is 0. The fourth-order valence-corrected chi connectivity index (χ4v) is 5.27. The Morgan fingerprint density at radius 2 is 1.93 bits per heavy atom. The van der Waals surface area contributed by atoms with E-state index in [4.69, 9.17) is 0 Å². The summed E-state index contributed by atoms with van der Waals surface area (Å²) in [5.41, 5.74) is 1.32. The van der Waals surface area contributed by atoms with Crippen molar-refractivity contribution in [1.29, 1.82) is 0 Å². The molecule has 0 spiro atoms. The van der Waals surface area contributed by atoms with Crippen molar-refractivity contribution in [1.82, 2.24) is 0 Å². The predicted octanol–water partition coefficient (Wildman–Crippen LogP) is 4.31. The first-order valence-corrected chi connectivity index (χ1v) is 6.81. The molecule has 0 heteroatoms. The molecule has 5 atom stereocenters. The second-order valence-electron chi connectivity index (χ2n) is 7.39. The van der Waals surface area contributed by atoms with Crippen LogP contribution in [0.25, 0.3) is 0 Å². The third-order valence-corrected chi connectivity index (χ3v) is 6.08. The van der Waals surface area contributed by atoms with Crippen LogP contribution in [0.4, 0.5) is 0 Å². The Hall–Kier alpha value is -0.130. The Balaban J connectivity index is 1.93. The average Bonchev–Trinajstić information content (AvgIpc) is 2.31. The monoisotopic (exact) mass is 205 g/mol. The Morgan fingerprint density at radius 3 is 2.47 bits per heavy atom. The second kappa shape index (κ2) is 2.76. The summed E-state index contributed by atoms with van der Waals surface area (Å²) in [6.45, 7) is 9.95. The van der Waals surface area contributed by atoms with Gasteiger partial charge in [0.15, 0.2) is 0 Å². The fourth-order valence-electron chi connectivity index (χ4n) is 5.27. The van der Waals surface area contributed by atoms with Gasteiger partial charge in [0.25, 0.3) is 0 Å². The lowest BCUT2D eigenvalue weighted by atomic mass is 9.47. The molecule has 0 heterocycles. The molecule has 4 saturated carbocycles. The maximum absolute atomic E-state index is 2.76. The molecular weight excluding hydrogens is 180 g/mol. The number of hydrogen-bond donors (Lipinski definition) is 0. The molecule has 0 saturated heterocycles. The normalized spacial score (nSPS) is 57.3. The minimum absolute atomic E-state index is 0.614. The first kappa shape index (κ1) is 10.1. The molecule has 0 aromatic heterocycles. The largest absolute Gasteiger partial charge is 0.109 e. The molecule has 0 aliphatic heterocycles. The van der Waals surface area contributed by atoms with E-state index in [2.05, 4.69) is 34.1 Å². The second-order valence-corrected chi connectivity index (χ2v) is 7.39. The van der Waals surface area contributed by atoms with Crippen molar-refractivity contribution in [3.05, 3.63) is 6.42 Å². The lowest BCUT2D eigenvalue weighted by Crippen LogP contribution is -2.50. The van der Waals surface area contributed by atoms with Crippen LogP contribution in [0.3, 0.4) is 0 Å². The average molecular weight is 205 g/mol. The molecule has 4 aliphatic carbocycles. The first-order chi connectivity index (χ1) is 6.95. The molecule has 15 heavy (non-hydrogen) atoms. The van der Waals surface area contributed by atoms with Crippen molar-refractivity contribution in [2.75, 3.05) is 0 Å². The predicted molar refractivity (Wildman–Crippen MR) is 64.3 cm³/mol. The Morgan fingerprint density at radius 1 is 1.20 bits per heavy atom. The number of hydrogen-bond acceptors (Lipinski definition) is 0. The van der Waals surface area contributed by atoms with E-state index in [9.17, 15) is 0 Å². The van der Waals surface area contributed by atoms with Gasteiger partial charge < -0.3 is 0 Å². The SMILES string of the molecule is CC(C)C1CC2C3(C)[CH+]C1CC2(C)CC3. The summed E-state index contributed by atoms with van der Waals surface area (Å²) >= 11 is 0. The van der Waals surface area contributed by atoms with E-state index in [1.807, 2.05) is 0 Å². The summed E-state index contributed by atoms with van der Waals surface area (Å²) < 4.78 is 0. The van der Waals surface area contributed by atoms with E-state index in [0.29, 0.717) is 10.8 Å². The zero-order chi connectivity index (χ0) is 10.8. The van der Waals surface area contributed by atoms with Crippen LogP contribution in [-0.2, 0) is 0 Å². The zero-order valence-electron chi connectivity index (χ0n) is 10.7. The highest BCUT2D eigenvalue weighted by atomic mass is 14.7. The van der Waals surface area contributed by atoms with Crippen LogP contribution in [0.1, 0.15) is 53.4 Å². The third-order valence-electron chi connectivity index (χ3n) is 6.08. The molecule has 0 radical (unpaired) electrons. The van der Waals surface area contributed by atoms with Crippen LogP contribution in [-0.4, -0.2) is 0 Å².